The van der Waals surface area contributed by atoms with E-state index in [1.54, 1.807) is 5.19 Å². The lowest BCUT2D eigenvalue weighted by molar-refractivity contribution is 0.179. The third-order valence-corrected chi connectivity index (χ3v) is 12.7. The summed E-state index contributed by atoms with van der Waals surface area (Å²) in [6, 6.07) is 14.1. The van der Waals surface area contributed by atoms with Crippen LogP contribution in [0.15, 0.2) is 24.3 Å². The Balaban J connectivity index is 1.86. The van der Waals surface area contributed by atoms with E-state index in [1.165, 1.54) is 55.8 Å². The molecule has 0 aliphatic carbocycles. The summed E-state index contributed by atoms with van der Waals surface area (Å²) >= 11 is 4.48. The molecule has 1 radical (unpaired) electrons. The number of hydrogen-bond donors (Lipinski definition) is 1. The molecule has 2 atom stereocenters. The fourth-order valence-electron chi connectivity index (χ4n) is 4.24. The monoisotopic (exact) mass is 379 g/mol. The predicted molar refractivity (Wildman–Crippen MR) is 109 cm³/mol. The molecule has 0 amide bonds. The van der Waals surface area contributed by atoms with Crippen LogP contribution in [0.25, 0.3) is 0 Å². The lowest BCUT2D eigenvalue weighted by atomic mass is 10.2. The highest BCUT2D eigenvalue weighted by Crippen LogP contribution is 2.31. The zero-order valence-electron chi connectivity index (χ0n) is 14.9. The van der Waals surface area contributed by atoms with E-state index in [1.807, 2.05) is 0 Å². The van der Waals surface area contributed by atoms with Crippen LogP contribution in [-0.4, -0.2) is 35.8 Å². The summed E-state index contributed by atoms with van der Waals surface area (Å²) in [6.07, 6.45) is 6.73. The Kier molecular flexibility index (Phi) is 7.04. The molecule has 0 saturated carbocycles. The first kappa shape index (κ1) is 18.7. The molecule has 2 unspecified atom stereocenters. The van der Waals surface area contributed by atoms with Gasteiger partial charge in [-0.05, 0) is 66.9 Å². The van der Waals surface area contributed by atoms with Crippen molar-refractivity contribution in [2.24, 2.45) is 0 Å². The highest BCUT2D eigenvalue weighted by Gasteiger charge is 2.42. The Hall–Kier alpha value is -0.0762. The predicted octanol–water partition coefficient (Wildman–Crippen LogP) is 4.24. The van der Waals surface area contributed by atoms with E-state index < -0.39 is 17.4 Å². The van der Waals surface area contributed by atoms with Gasteiger partial charge in [-0.25, -0.2) is 0 Å². The van der Waals surface area contributed by atoms with Crippen LogP contribution in [0.1, 0.15) is 44.6 Å². The fraction of sp³-hybridized carbons (Fsp3) is 0.684. The standard InChI is InChI=1S/C19H31O2SSi2/c1-17-8-6-14-24(21-17,15-7-12-22)19-10-3-2-9-18(19)16-23-13-5-4-11-20-23/h2-3,9-10,17,22H,4-8,11-16H2,1H3. The third-order valence-electron chi connectivity index (χ3n) is 5.41. The zero-order valence-corrected chi connectivity index (χ0v) is 17.8. The molecule has 2 aliphatic rings. The van der Waals surface area contributed by atoms with Gasteiger partial charge in [-0.1, -0.05) is 37.1 Å². The van der Waals surface area contributed by atoms with Crippen molar-refractivity contribution in [1.82, 2.24) is 0 Å². The Morgan fingerprint density at radius 2 is 2.12 bits per heavy atom. The van der Waals surface area contributed by atoms with Crippen molar-refractivity contribution >= 4 is 35.2 Å². The van der Waals surface area contributed by atoms with E-state index in [9.17, 15) is 0 Å². The van der Waals surface area contributed by atoms with Crippen LogP contribution in [0, 0.1) is 0 Å². The largest absolute Gasteiger partial charge is 0.416 e. The lowest BCUT2D eigenvalue weighted by Gasteiger charge is -2.40. The molecule has 0 bridgehead atoms. The van der Waals surface area contributed by atoms with Crippen LogP contribution in [0.2, 0.25) is 18.1 Å². The van der Waals surface area contributed by atoms with Gasteiger partial charge in [0.05, 0.1) is 0 Å². The summed E-state index contributed by atoms with van der Waals surface area (Å²) in [4.78, 5) is 0. The summed E-state index contributed by atoms with van der Waals surface area (Å²) in [5.41, 5.74) is 1.54. The Morgan fingerprint density at radius 3 is 2.88 bits per heavy atom. The van der Waals surface area contributed by atoms with Crippen LogP contribution in [0.3, 0.4) is 0 Å². The second-order valence-electron chi connectivity index (χ2n) is 7.32. The molecular formula is C19H31O2SSi2. The van der Waals surface area contributed by atoms with Crippen LogP contribution < -0.4 is 5.19 Å². The maximum Gasteiger partial charge on any atom is 0.224 e. The molecule has 3 rings (SSSR count). The first-order valence-corrected chi connectivity index (χ1v) is 14.4. The minimum absolute atomic E-state index is 0.415. The SMILES string of the molecule is CC1CCC[Si](CCCS)(c2ccccc2C[Si]2CCCCO2)O1. The second kappa shape index (κ2) is 9.03. The van der Waals surface area contributed by atoms with Gasteiger partial charge >= 0.3 is 0 Å². The fourth-order valence-corrected chi connectivity index (χ4v) is 11.8. The summed E-state index contributed by atoms with van der Waals surface area (Å²) in [6.45, 7) is 3.24. The van der Waals surface area contributed by atoms with Crippen LogP contribution in [-0.2, 0) is 14.9 Å². The highest BCUT2D eigenvalue weighted by molar-refractivity contribution is 7.80. The van der Waals surface area contributed by atoms with E-state index in [2.05, 4.69) is 43.8 Å². The maximum atomic E-state index is 6.77. The zero-order chi connectivity index (χ0) is 16.8. The van der Waals surface area contributed by atoms with Gasteiger partial charge in [0.25, 0.3) is 0 Å². The quantitative estimate of drug-likeness (QED) is 0.588. The number of hydrogen-bond acceptors (Lipinski definition) is 3. The molecule has 5 heteroatoms. The van der Waals surface area contributed by atoms with Gasteiger partial charge in [-0.3, -0.25) is 0 Å². The number of rotatable bonds is 6. The van der Waals surface area contributed by atoms with E-state index in [4.69, 9.17) is 8.85 Å². The summed E-state index contributed by atoms with van der Waals surface area (Å²) in [5.74, 6) is 0.965. The minimum Gasteiger partial charge on any atom is -0.416 e. The molecule has 2 fully saturated rings. The van der Waals surface area contributed by atoms with E-state index in [-0.39, 0.29) is 0 Å². The van der Waals surface area contributed by atoms with E-state index in [0.717, 1.165) is 18.4 Å². The van der Waals surface area contributed by atoms with Crippen LogP contribution >= 0.6 is 12.6 Å². The van der Waals surface area contributed by atoms with Crippen LogP contribution in [0.4, 0.5) is 0 Å². The third kappa shape index (κ3) is 4.55. The molecule has 1 aromatic rings. The van der Waals surface area contributed by atoms with Gasteiger partial charge in [0.1, 0.15) is 0 Å². The first-order valence-electron chi connectivity index (χ1n) is 9.58. The molecule has 0 N–H and O–H groups in total. The molecule has 2 saturated heterocycles. The van der Waals surface area contributed by atoms with Gasteiger partial charge in [0.15, 0.2) is 0 Å². The molecule has 0 spiro atoms. The average Bonchev–Trinajstić information content (AvgIpc) is 2.61. The number of benzene rings is 1. The molecular weight excluding hydrogens is 348 g/mol. The molecule has 2 aliphatic heterocycles. The molecule has 24 heavy (non-hydrogen) atoms. The van der Waals surface area contributed by atoms with Crippen molar-refractivity contribution < 1.29 is 8.85 Å². The second-order valence-corrected chi connectivity index (χ2v) is 13.8. The van der Waals surface area contributed by atoms with E-state index >= 15 is 0 Å². The lowest BCUT2D eigenvalue weighted by Crippen LogP contribution is -2.56. The molecule has 1 aromatic carbocycles. The van der Waals surface area contributed by atoms with Crippen molar-refractivity contribution in [2.45, 2.75) is 69.3 Å². The molecule has 2 nitrogen and oxygen atoms in total. The Labute approximate surface area is 155 Å². The number of thiol groups is 1. The van der Waals surface area contributed by atoms with Gasteiger partial charge in [-0.2, -0.15) is 12.6 Å². The highest BCUT2D eigenvalue weighted by atomic mass is 32.1. The topological polar surface area (TPSA) is 18.5 Å². The molecule has 133 valence electrons. The smallest absolute Gasteiger partial charge is 0.224 e. The van der Waals surface area contributed by atoms with E-state index in [0.29, 0.717) is 6.10 Å². The maximum absolute atomic E-state index is 6.77. The Morgan fingerprint density at radius 1 is 1.25 bits per heavy atom. The summed E-state index contributed by atoms with van der Waals surface area (Å²) in [5, 5.41) is 1.57. The van der Waals surface area contributed by atoms with Gasteiger partial charge in [0, 0.05) is 12.7 Å². The van der Waals surface area contributed by atoms with Crippen molar-refractivity contribution in [2.75, 3.05) is 12.4 Å². The minimum atomic E-state index is -1.86. The van der Waals surface area contributed by atoms with Gasteiger partial charge < -0.3 is 8.85 Å². The van der Waals surface area contributed by atoms with Crippen molar-refractivity contribution in [1.29, 1.82) is 0 Å². The normalized spacial score (nSPS) is 28.8. The van der Waals surface area contributed by atoms with Crippen molar-refractivity contribution in [3.8, 4) is 0 Å². The van der Waals surface area contributed by atoms with Gasteiger partial charge in [-0.15, -0.1) is 0 Å². The van der Waals surface area contributed by atoms with Crippen molar-refractivity contribution in [3.63, 3.8) is 0 Å². The Bertz CT molecular complexity index is 522. The summed E-state index contributed by atoms with van der Waals surface area (Å²) in [7, 11) is -2.53. The first-order chi connectivity index (χ1) is 11.7. The summed E-state index contributed by atoms with van der Waals surface area (Å²) < 4.78 is 12.9. The van der Waals surface area contributed by atoms with Crippen molar-refractivity contribution in [3.05, 3.63) is 29.8 Å². The molecule has 2 heterocycles. The van der Waals surface area contributed by atoms with Crippen LogP contribution in [0.5, 0.6) is 0 Å². The van der Waals surface area contributed by atoms with Gasteiger partial charge in [0.2, 0.25) is 17.4 Å². The molecule has 0 aromatic heterocycles. The average molecular weight is 380 g/mol.